The average molecular weight is 296 g/mol. The number of carbonyl (C=O) groups is 1. The van der Waals surface area contributed by atoms with Gasteiger partial charge in [-0.05, 0) is 18.9 Å². The molecule has 1 atom stereocenters. The standard InChI is InChI=1S/C15H18ClNO3/c16-10-15(5-7-19-8-6-15)17-14(18)12-9-20-13-4-2-1-3-11(12)13/h1-4,12H,5-10H2,(H,17,18). The quantitative estimate of drug-likeness (QED) is 0.869. The topological polar surface area (TPSA) is 47.6 Å². The van der Waals surface area contributed by atoms with Crippen LogP contribution in [-0.2, 0) is 9.53 Å². The predicted octanol–water partition coefficient (Wildman–Crippen LogP) is 2.07. The van der Waals surface area contributed by atoms with Crippen LogP contribution in [0.2, 0.25) is 0 Å². The van der Waals surface area contributed by atoms with Crippen LogP contribution in [0.15, 0.2) is 24.3 Å². The minimum atomic E-state index is -0.339. The molecule has 1 amide bonds. The van der Waals surface area contributed by atoms with Crippen LogP contribution >= 0.6 is 11.6 Å². The molecule has 1 aromatic rings. The lowest BCUT2D eigenvalue weighted by Crippen LogP contribution is -2.54. The zero-order chi connectivity index (χ0) is 14.0. The van der Waals surface area contributed by atoms with Crippen LogP contribution in [0, 0.1) is 0 Å². The Morgan fingerprint density at radius 1 is 1.35 bits per heavy atom. The molecule has 1 N–H and O–H groups in total. The Hall–Kier alpha value is -1.26. The fourth-order valence-electron chi connectivity index (χ4n) is 2.78. The van der Waals surface area contributed by atoms with E-state index < -0.39 is 0 Å². The largest absolute Gasteiger partial charge is 0.492 e. The first-order valence-corrected chi connectivity index (χ1v) is 7.45. The van der Waals surface area contributed by atoms with Crippen molar-refractivity contribution >= 4 is 17.5 Å². The highest BCUT2D eigenvalue weighted by atomic mass is 35.5. The van der Waals surface area contributed by atoms with Crippen molar-refractivity contribution in [1.82, 2.24) is 5.32 Å². The molecule has 108 valence electrons. The highest BCUT2D eigenvalue weighted by Crippen LogP contribution is 2.34. The maximum atomic E-state index is 12.5. The van der Waals surface area contributed by atoms with Gasteiger partial charge in [-0.3, -0.25) is 4.79 Å². The van der Waals surface area contributed by atoms with E-state index in [9.17, 15) is 4.79 Å². The number of carbonyl (C=O) groups excluding carboxylic acids is 1. The molecule has 0 aliphatic carbocycles. The van der Waals surface area contributed by atoms with Crippen molar-refractivity contribution in [3.8, 4) is 5.75 Å². The molecule has 0 aromatic heterocycles. The van der Waals surface area contributed by atoms with E-state index in [0.717, 1.165) is 24.2 Å². The van der Waals surface area contributed by atoms with E-state index in [0.29, 0.717) is 25.7 Å². The molecule has 0 spiro atoms. The molecular formula is C15H18ClNO3. The summed E-state index contributed by atoms with van der Waals surface area (Å²) in [6, 6.07) is 7.69. The van der Waals surface area contributed by atoms with Crippen molar-refractivity contribution in [3.05, 3.63) is 29.8 Å². The Morgan fingerprint density at radius 2 is 2.10 bits per heavy atom. The third-order valence-electron chi connectivity index (χ3n) is 4.11. The summed E-state index contributed by atoms with van der Waals surface area (Å²) in [5, 5.41) is 3.13. The summed E-state index contributed by atoms with van der Waals surface area (Å²) in [7, 11) is 0. The third kappa shape index (κ3) is 2.50. The normalized spacial score (nSPS) is 23.8. The smallest absolute Gasteiger partial charge is 0.231 e. The second kappa shape index (κ2) is 5.62. The molecule has 2 heterocycles. The van der Waals surface area contributed by atoms with E-state index in [-0.39, 0.29) is 17.4 Å². The van der Waals surface area contributed by atoms with Crippen molar-refractivity contribution < 1.29 is 14.3 Å². The SMILES string of the molecule is O=C(NC1(CCl)CCOCC1)C1COc2ccccc21. The van der Waals surface area contributed by atoms with Crippen LogP contribution < -0.4 is 10.1 Å². The lowest BCUT2D eigenvalue weighted by molar-refractivity contribution is -0.125. The number of hydrogen-bond acceptors (Lipinski definition) is 3. The minimum Gasteiger partial charge on any atom is -0.492 e. The van der Waals surface area contributed by atoms with Crippen molar-refractivity contribution in [2.24, 2.45) is 0 Å². The van der Waals surface area contributed by atoms with Crippen LogP contribution in [0.4, 0.5) is 0 Å². The molecule has 20 heavy (non-hydrogen) atoms. The van der Waals surface area contributed by atoms with Gasteiger partial charge in [0, 0.05) is 24.7 Å². The van der Waals surface area contributed by atoms with Crippen LogP contribution in [0.25, 0.3) is 0 Å². The minimum absolute atomic E-state index is 0.00231. The number of amides is 1. The van der Waals surface area contributed by atoms with Gasteiger partial charge in [-0.1, -0.05) is 18.2 Å². The first kappa shape index (κ1) is 13.7. The summed E-state index contributed by atoms with van der Waals surface area (Å²) in [6.07, 6.45) is 1.52. The number of rotatable bonds is 3. The maximum Gasteiger partial charge on any atom is 0.231 e. The van der Waals surface area contributed by atoms with E-state index in [4.69, 9.17) is 21.1 Å². The molecule has 3 rings (SSSR count). The highest BCUT2D eigenvalue weighted by Gasteiger charge is 2.38. The van der Waals surface area contributed by atoms with Gasteiger partial charge < -0.3 is 14.8 Å². The lowest BCUT2D eigenvalue weighted by atomic mass is 9.90. The molecule has 0 bridgehead atoms. The molecule has 0 saturated carbocycles. The zero-order valence-corrected chi connectivity index (χ0v) is 12.0. The van der Waals surface area contributed by atoms with Crippen molar-refractivity contribution in [3.63, 3.8) is 0 Å². The van der Waals surface area contributed by atoms with Gasteiger partial charge in [0.1, 0.15) is 18.3 Å². The third-order valence-corrected chi connectivity index (χ3v) is 4.62. The molecule has 1 unspecified atom stereocenters. The Morgan fingerprint density at radius 3 is 2.85 bits per heavy atom. The van der Waals surface area contributed by atoms with Gasteiger partial charge in [-0.15, -0.1) is 11.6 Å². The van der Waals surface area contributed by atoms with Gasteiger partial charge in [0.05, 0.1) is 5.54 Å². The number of halogens is 1. The zero-order valence-electron chi connectivity index (χ0n) is 11.2. The molecule has 1 aromatic carbocycles. The monoisotopic (exact) mass is 295 g/mol. The molecule has 0 radical (unpaired) electrons. The van der Waals surface area contributed by atoms with Gasteiger partial charge in [0.25, 0.3) is 0 Å². The summed E-state index contributed by atoms with van der Waals surface area (Å²) in [5.74, 6) is 0.975. The molecule has 4 nitrogen and oxygen atoms in total. The van der Waals surface area contributed by atoms with Crippen LogP contribution in [0.3, 0.4) is 0 Å². The van der Waals surface area contributed by atoms with Crippen LogP contribution in [0.1, 0.15) is 24.3 Å². The molecule has 2 aliphatic rings. The number of fused-ring (bicyclic) bond motifs is 1. The van der Waals surface area contributed by atoms with Crippen molar-refractivity contribution in [2.45, 2.75) is 24.3 Å². The first-order chi connectivity index (χ1) is 9.74. The van der Waals surface area contributed by atoms with E-state index in [1.54, 1.807) is 0 Å². The maximum absolute atomic E-state index is 12.5. The Kier molecular flexibility index (Phi) is 3.85. The first-order valence-electron chi connectivity index (χ1n) is 6.92. The highest BCUT2D eigenvalue weighted by molar-refractivity contribution is 6.18. The second-order valence-electron chi connectivity index (χ2n) is 5.42. The fourth-order valence-corrected chi connectivity index (χ4v) is 3.12. The summed E-state index contributed by atoms with van der Waals surface area (Å²) >= 11 is 6.09. The number of para-hydroxylation sites is 1. The van der Waals surface area contributed by atoms with Crippen LogP contribution in [-0.4, -0.2) is 37.1 Å². The number of hydrogen-bond donors (Lipinski definition) is 1. The Bertz CT molecular complexity index is 500. The van der Waals surface area contributed by atoms with Gasteiger partial charge >= 0.3 is 0 Å². The van der Waals surface area contributed by atoms with Crippen molar-refractivity contribution in [1.29, 1.82) is 0 Å². The summed E-state index contributed by atoms with van der Waals surface area (Å²) in [5.41, 5.74) is 0.621. The van der Waals surface area contributed by atoms with Gasteiger partial charge in [0.2, 0.25) is 5.91 Å². The Balaban J connectivity index is 1.74. The molecule has 2 aliphatic heterocycles. The Labute approximate surface area is 123 Å². The van der Waals surface area contributed by atoms with E-state index in [1.165, 1.54) is 0 Å². The van der Waals surface area contributed by atoms with E-state index >= 15 is 0 Å². The number of nitrogens with one attached hydrogen (secondary N) is 1. The fraction of sp³-hybridized carbons (Fsp3) is 0.533. The van der Waals surface area contributed by atoms with Crippen molar-refractivity contribution in [2.75, 3.05) is 25.7 Å². The summed E-state index contributed by atoms with van der Waals surface area (Å²) in [4.78, 5) is 12.5. The molecule has 1 fully saturated rings. The average Bonchev–Trinajstić information content (AvgIpc) is 2.92. The van der Waals surface area contributed by atoms with Gasteiger partial charge in [-0.25, -0.2) is 0 Å². The predicted molar refractivity (Wildman–Crippen MR) is 76.3 cm³/mol. The molecule has 1 saturated heterocycles. The van der Waals surface area contributed by atoms with E-state index in [2.05, 4.69) is 5.32 Å². The number of alkyl halides is 1. The molecular weight excluding hydrogens is 278 g/mol. The second-order valence-corrected chi connectivity index (χ2v) is 5.68. The number of ether oxygens (including phenoxy) is 2. The summed E-state index contributed by atoms with van der Waals surface area (Å²) in [6.45, 7) is 1.69. The van der Waals surface area contributed by atoms with Crippen LogP contribution in [0.5, 0.6) is 5.75 Å². The van der Waals surface area contributed by atoms with Gasteiger partial charge in [0.15, 0.2) is 0 Å². The van der Waals surface area contributed by atoms with E-state index in [1.807, 2.05) is 24.3 Å². The number of benzene rings is 1. The summed E-state index contributed by atoms with van der Waals surface area (Å²) < 4.78 is 10.9. The lowest BCUT2D eigenvalue weighted by Gasteiger charge is -2.37. The van der Waals surface area contributed by atoms with Gasteiger partial charge in [-0.2, -0.15) is 0 Å². The molecule has 5 heteroatoms.